The van der Waals surface area contributed by atoms with E-state index in [4.69, 9.17) is 0 Å². The molecule has 0 heterocycles. The first kappa shape index (κ1) is 17.1. The number of nitrogens with zero attached hydrogens (tertiary/aromatic N) is 1. The van der Waals surface area contributed by atoms with Crippen molar-refractivity contribution in [1.82, 2.24) is 10.6 Å². The van der Waals surface area contributed by atoms with Crippen molar-refractivity contribution in [2.75, 3.05) is 23.7 Å². The Morgan fingerprint density at radius 2 is 2.09 bits per heavy atom. The van der Waals surface area contributed by atoms with Gasteiger partial charge >= 0.3 is 6.03 Å². The zero-order valence-corrected chi connectivity index (χ0v) is 15.0. The number of hydrogen-bond acceptors (Lipinski definition) is 3. The summed E-state index contributed by atoms with van der Waals surface area (Å²) in [6.07, 6.45) is 3.18. The maximum atomic E-state index is 12.0. The van der Waals surface area contributed by atoms with Crippen molar-refractivity contribution in [3.05, 3.63) is 28.2 Å². The molecular formula is C14H20BrN3O3S. The van der Waals surface area contributed by atoms with E-state index in [1.165, 1.54) is 4.31 Å². The van der Waals surface area contributed by atoms with Crippen LogP contribution in [-0.2, 0) is 10.0 Å². The van der Waals surface area contributed by atoms with Gasteiger partial charge in [0, 0.05) is 17.1 Å². The summed E-state index contributed by atoms with van der Waals surface area (Å²) in [5.41, 5.74) is 1.60. The van der Waals surface area contributed by atoms with E-state index >= 15 is 0 Å². The van der Waals surface area contributed by atoms with Crippen molar-refractivity contribution in [2.24, 2.45) is 0 Å². The van der Waals surface area contributed by atoms with E-state index in [1.54, 1.807) is 6.07 Å². The summed E-state index contributed by atoms with van der Waals surface area (Å²) in [5, 5.41) is 5.48. The minimum absolute atomic E-state index is 0.179. The summed E-state index contributed by atoms with van der Waals surface area (Å²) in [6, 6.07) is 5.49. The van der Waals surface area contributed by atoms with Crippen LogP contribution >= 0.6 is 15.9 Å². The van der Waals surface area contributed by atoms with Gasteiger partial charge in [-0.3, -0.25) is 4.31 Å². The van der Waals surface area contributed by atoms with Gasteiger partial charge in [-0.05, 0) is 53.4 Å². The van der Waals surface area contributed by atoms with Gasteiger partial charge in [-0.25, -0.2) is 13.2 Å². The van der Waals surface area contributed by atoms with Gasteiger partial charge in [0.1, 0.15) is 0 Å². The lowest BCUT2D eigenvalue weighted by Gasteiger charge is -2.24. The Kier molecular flexibility index (Phi) is 5.33. The second kappa shape index (κ2) is 6.87. The van der Waals surface area contributed by atoms with Crippen LogP contribution in [0.15, 0.2) is 22.7 Å². The lowest BCUT2D eigenvalue weighted by atomic mass is 10.2. The van der Waals surface area contributed by atoms with E-state index < -0.39 is 10.0 Å². The van der Waals surface area contributed by atoms with Crippen LogP contribution in [-0.4, -0.2) is 39.8 Å². The fourth-order valence-electron chi connectivity index (χ4n) is 2.01. The molecule has 8 heteroatoms. The number of halogens is 1. The molecule has 1 saturated carbocycles. The summed E-state index contributed by atoms with van der Waals surface area (Å²) in [4.78, 5) is 11.6. The third-order valence-corrected chi connectivity index (χ3v) is 5.10. The van der Waals surface area contributed by atoms with E-state index in [2.05, 4.69) is 26.6 Å². The number of urea groups is 1. The number of sulfonamides is 1. The number of rotatable bonds is 6. The smallest absolute Gasteiger partial charge is 0.315 e. The molecule has 1 fully saturated rings. The molecule has 0 saturated heterocycles. The van der Waals surface area contributed by atoms with Crippen LogP contribution in [0.3, 0.4) is 0 Å². The topological polar surface area (TPSA) is 78.5 Å². The molecule has 0 unspecified atom stereocenters. The first-order chi connectivity index (χ1) is 10.3. The number of nitrogens with one attached hydrogen (secondary N) is 2. The van der Waals surface area contributed by atoms with Crippen LogP contribution in [0.2, 0.25) is 0 Å². The highest BCUT2D eigenvalue weighted by molar-refractivity contribution is 9.10. The molecule has 1 aromatic carbocycles. The highest BCUT2D eigenvalue weighted by atomic mass is 79.9. The molecule has 22 heavy (non-hydrogen) atoms. The molecule has 2 N–H and O–H groups in total. The summed E-state index contributed by atoms with van der Waals surface area (Å²) in [7, 11) is -3.43. The molecule has 0 radical (unpaired) electrons. The van der Waals surface area contributed by atoms with Crippen molar-refractivity contribution in [2.45, 2.75) is 25.8 Å². The molecule has 0 aromatic heterocycles. The van der Waals surface area contributed by atoms with Gasteiger partial charge < -0.3 is 10.6 Å². The molecule has 0 atom stereocenters. The standard InChI is InChI=1S/C14H20BrN3O3S/c1-10-3-6-13(12(15)9-10)18(22(2,20)21)8-7-16-14(19)17-11-4-5-11/h3,6,9,11H,4-5,7-8H2,1-2H3,(H2,16,17,19). The molecule has 0 spiro atoms. The SMILES string of the molecule is Cc1ccc(N(CCNC(=O)NC2CC2)S(C)(=O)=O)c(Br)c1. The molecular weight excluding hydrogens is 370 g/mol. The Hall–Kier alpha value is -1.28. The van der Waals surface area contributed by atoms with E-state index in [0.717, 1.165) is 24.7 Å². The second-order valence-corrected chi connectivity index (χ2v) is 8.23. The number of benzene rings is 1. The quantitative estimate of drug-likeness (QED) is 0.780. The average Bonchev–Trinajstić information content (AvgIpc) is 3.18. The van der Waals surface area contributed by atoms with Gasteiger partial charge in [0.2, 0.25) is 10.0 Å². The molecule has 2 amide bonds. The lowest BCUT2D eigenvalue weighted by Crippen LogP contribution is -2.42. The minimum atomic E-state index is -3.43. The molecule has 0 bridgehead atoms. The van der Waals surface area contributed by atoms with E-state index in [9.17, 15) is 13.2 Å². The summed E-state index contributed by atoms with van der Waals surface area (Å²) >= 11 is 3.40. The second-order valence-electron chi connectivity index (χ2n) is 5.46. The summed E-state index contributed by atoms with van der Waals surface area (Å²) in [5.74, 6) is 0. The van der Waals surface area contributed by atoms with Crippen molar-refractivity contribution in [1.29, 1.82) is 0 Å². The van der Waals surface area contributed by atoms with Gasteiger partial charge in [0.25, 0.3) is 0 Å². The number of aryl methyl sites for hydroxylation is 1. The summed E-state index contributed by atoms with van der Waals surface area (Å²) in [6.45, 7) is 2.35. The van der Waals surface area contributed by atoms with Crippen LogP contribution in [0, 0.1) is 6.92 Å². The lowest BCUT2D eigenvalue weighted by molar-refractivity contribution is 0.241. The van der Waals surface area contributed by atoms with Gasteiger partial charge in [0.15, 0.2) is 0 Å². The largest absolute Gasteiger partial charge is 0.336 e. The fraction of sp³-hybridized carbons (Fsp3) is 0.500. The third-order valence-electron chi connectivity index (χ3n) is 3.29. The zero-order valence-electron chi connectivity index (χ0n) is 12.6. The normalized spacial score (nSPS) is 14.5. The van der Waals surface area contributed by atoms with E-state index in [-0.39, 0.29) is 25.2 Å². The third kappa shape index (κ3) is 4.88. The molecule has 1 aliphatic carbocycles. The molecule has 1 aliphatic rings. The van der Waals surface area contributed by atoms with Crippen molar-refractivity contribution in [3.63, 3.8) is 0 Å². The van der Waals surface area contributed by atoms with Crippen LogP contribution in [0.25, 0.3) is 0 Å². The van der Waals surface area contributed by atoms with Crippen LogP contribution in [0.5, 0.6) is 0 Å². The molecule has 0 aliphatic heterocycles. The minimum Gasteiger partial charge on any atom is -0.336 e. The van der Waals surface area contributed by atoms with Crippen LogP contribution < -0.4 is 14.9 Å². The predicted molar refractivity (Wildman–Crippen MR) is 90.6 cm³/mol. The van der Waals surface area contributed by atoms with Gasteiger partial charge in [-0.2, -0.15) is 0 Å². The van der Waals surface area contributed by atoms with Gasteiger partial charge in [-0.15, -0.1) is 0 Å². The van der Waals surface area contributed by atoms with Crippen molar-refractivity contribution < 1.29 is 13.2 Å². The van der Waals surface area contributed by atoms with Crippen LogP contribution in [0.4, 0.5) is 10.5 Å². The summed E-state index contributed by atoms with van der Waals surface area (Å²) < 4.78 is 26.0. The Balaban J connectivity index is 2.02. The Labute approximate surface area is 139 Å². The Bertz CT molecular complexity index is 659. The van der Waals surface area contributed by atoms with E-state index in [1.807, 2.05) is 19.1 Å². The number of hydrogen-bond donors (Lipinski definition) is 2. The van der Waals surface area contributed by atoms with Crippen molar-refractivity contribution >= 4 is 37.7 Å². The van der Waals surface area contributed by atoms with Crippen molar-refractivity contribution in [3.8, 4) is 0 Å². The van der Waals surface area contributed by atoms with Gasteiger partial charge in [-0.1, -0.05) is 6.07 Å². The first-order valence-corrected chi connectivity index (χ1v) is 9.70. The number of anilines is 1. The first-order valence-electron chi connectivity index (χ1n) is 7.05. The maximum absolute atomic E-state index is 12.0. The van der Waals surface area contributed by atoms with E-state index in [0.29, 0.717) is 10.2 Å². The number of carbonyl (C=O) groups excluding carboxylic acids is 1. The predicted octanol–water partition coefficient (Wildman–Crippen LogP) is 1.99. The molecule has 6 nitrogen and oxygen atoms in total. The molecule has 122 valence electrons. The van der Waals surface area contributed by atoms with Gasteiger partial charge in [0.05, 0.1) is 18.5 Å². The number of amides is 2. The highest BCUT2D eigenvalue weighted by Crippen LogP contribution is 2.28. The Morgan fingerprint density at radius 3 is 2.64 bits per heavy atom. The highest BCUT2D eigenvalue weighted by Gasteiger charge is 2.23. The maximum Gasteiger partial charge on any atom is 0.315 e. The molecule has 1 aromatic rings. The fourth-order valence-corrected chi connectivity index (χ4v) is 3.78. The monoisotopic (exact) mass is 389 g/mol. The van der Waals surface area contributed by atoms with Crippen LogP contribution in [0.1, 0.15) is 18.4 Å². The number of carbonyl (C=O) groups is 1. The zero-order chi connectivity index (χ0) is 16.3. The average molecular weight is 390 g/mol. The molecule has 2 rings (SSSR count). The Morgan fingerprint density at radius 1 is 1.41 bits per heavy atom.